The van der Waals surface area contributed by atoms with E-state index in [-0.39, 0.29) is 6.61 Å². The SMILES string of the molecule is CC#CCN(CCO)C1CC1. The zero-order valence-electron chi connectivity index (χ0n) is 7.01. The molecule has 2 heteroatoms. The van der Waals surface area contributed by atoms with Crippen LogP contribution in [-0.2, 0) is 0 Å². The average molecular weight is 153 g/mol. The molecule has 62 valence electrons. The van der Waals surface area contributed by atoms with Crippen LogP contribution in [-0.4, -0.2) is 35.7 Å². The van der Waals surface area contributed by atoms with Gasteiger partial charge in [0.05, 0.1) is 13.2 Å². The van der Waals surface area contributed by atoms with Gasteiger partial charge < -0.3 is 5.11 Å². The number of aliphatic hydroxyl groups excluding tert-OH is 1. The molecule has 0 aliphatic heterocycles. The molecule has 2 nitrogen and oxygen atoms in total. The Bertz CT molecular complexity index is 164. The van der Waals surface area contributed by atoms with Gasteiger partial charge in [0.2, 0.25) is 0 Å². The van der Waals surface area contributed by atoms with Gasteiger partial charge in [0, 0.05) is 12.6 Å². The summed E-state index contributed by atoms with van der Waals surface area (Å²) in [7, 11) is 0. The van der Waals surface area contributed by atoms with E-state index in [1.165, 1.54) is 12.8 Å². The summed E-state index contributed by atoms with van der Waals surface area (Å²) in [4.78, 5) is 2.25. The van der Waals surface area contributed by atoms with Crippen molar-refractivity contribution in [1.82, 2.24) is 4.90 Å². The minimum atomic E-state index is 0.252. The molecule has 0 bridgehead atoms. The molecule has 1 aliphatic carbocycles. The zero-order chi connectivity index (χ0) is 8.10. The van der Waals surface area contributed by atoms with Gasteiger partial charge in [-0.1, -0.05) is 5.92 Å². The van der Waals surface area contributed by atoms with Crippen LogP contribution in [0.5, 0.6) is 0 Å². The highest BCUT2D eigenvalue weighted by atomic mass is 16.3. The second-order valence-corrected chi connectivity index (χ2v) is 2.85. The van der Waals surface area contributed by atoms with E-state index >= 15 is 0 Å². The smallest absolute Gasteiger partial charge is 0.0604 e. The minimum absolute atomic E-state index is 0.252. The summed E-state index contributed by atoms with van der Waals surface area (Å²) < 4.78 is 0. The van der Waals surface area contributed by atoms with Crippen molar-refractivity contribution >= 4 is 0 Å². The molecule has 1 aliphatic rings. The van der Waals surface area contributed by atoms with Gasteiger partial charge in [-0.05, 0) is 19.8 Å². The summed E-state index contributed by atoms with van der Waals surface area (Å²) in [6.07, 6.45) is 2.57. The van der Waals surface area contributed by atoms with E-state index < -0.39 is 0 Å². The molecule has 0 spiro atoms. The highest BCUT2D eigenvalue weighted by molar-refractivity contribution is 5.00. The third-order valence-corrected chi connectivity index (χ3v) is 1.91. The molecule has 11 heavy (non-hydrogen) atoms. The quantitative estimate of drug-likeness (QED) is 0.593. The van der Waals surface area contributed by atoms with E-state index in [9.17, 15) is 0 Å². The van der Waals surface area contributed by atoms with Crippen molar-refractivity contribution in [2.24, 2.45) is 0 Å². The van der Waals surface area contributed by atoms with Gasteiger partial charge in [-0.25, -0.2) is 0 Å². The van der Waals surface area contributed by atoms with Gasteiger partial charge in [-0.15, -0.1) is 5.92 Å². The molecule has 0 aromatic carbocycles. The van der Waals surface area contributed by atoms with Crippen molar-refractivity contribution in [2.75, 3.05) is 19.7 Å². The monoisotopic (exact) mass is 153 g/mol. The number of nitrogens with zero attached hydrogens (tertiary/aromatic N) is 1. The molecule has 0 unspecified atom stereocenters. The van der Waals surface area contributed by atoms with E-state index in [1.807, 2.05) is 6.92 Å². The Morgan fingerprint density at radius 2 is 2.27 bits per heavy atom. The molecule has 0 radical (unpaired) electrons. The van der Waals surface area contributed by atoms with Crippen molar-refractivity contribution in [3.63, 3.8) is 0 Å². The van der Waals surface area contributed by atoms with Crippen LogP contribution < -0.4 is 0 Å². The lowest BCUT2D eigenvalue weighted by Crippen LogP contribution is -2.29. The lowest BCUT2D eigenvalue weighted by molar-refractivity contribution is 0.204. The van der Waals surface area contributed by atoms with Crippen molar-refractivity contribution in [1.29, 1.82) is 0 Å². The van der Waals surface area contributed by atoms with E-state index in [0.29, 0.717) is 6.04 Å². The van der Waals surface area contributed by atoms with Crippen molar-refractivity contribution < 1.29 is 5.11 Å². The molecular formula is C9H15NO. The first-order valence-corrected chi connectivity index (χ1v) is 4.13. The second-order valence-electron chi connectivity index (χ2n) is 2.85. The van der Waals surface area contributed by atoms with Crippen LogP contribution in [0.4, 0.5) is 0 Å². The molecule has 1 N–H and O–H groups in total. The lowest BCUT2D eigenvalue weighted by Gasteiger charge is -2.16. The van der Waals surface area contributed by atoms with Crippen molar-refractivity contribution in [2.45, 2.75) is 25.8 Å². The Hall–Kier alpha value is -0.520. The van der Waals surface area contributed by atoms with E-state index in [0.717, 1.165) is 13.1 Å². The van der Waals surface area contributed by atoms with E-state index in [1.54, 1.807) is 0 Å². The second kappa shape index (κ2) is 4.38. The maximum absolute atomic E-state index is 8.72. The maximum Gasteiger partial charge on any atom is 0.0604 e. The Kier molecular flexibility index (Phi) is 3.41. The highest BCUT2D eigenvalue weighted by Crippen LogP contribution is 2.25. The Labute approximate surface area is 68.2 Å². The van der Waals surface area contributed by atoms with Crippen molar-refractivity contribution in [3.05, 3.63) is 0 Å². The van der Waals surface area contributed by atoms with E-state index in [2.05, 4.69) is 16.7 Å². The molecule has 1 saturated carbocycles. The molecular weight excluding hydrogens is 138 g/mol. The lowest BCUT2D eigenvalue weighted by atomic mass is 10.4. The van der Waals surface area contributed by atoms with Crippen LogP contribution >= 0.6 is 0 Å². The van der Waals surface area contributed by atoms with Crippen molar-refractivity contribution in [3.8, 4) is 11.8 Å². The summed E-state index contributed by atoms with van der Waals surface area (Å²) >= 11 is 0. The van der Waals surface area contributed by atoms with Crippen LogP contribution in [0.1, 0.15) is 19.8 Å². The predicted octanol–water partition coefficient (Wildman–Crippen LogP) is 0.466. The van der Waals surface area contributed by atoms with Crippen LogP contribution in [0.3, 0.4) is 0 Å². The Morgan fingerprint density at radius 3 is 2.73 bits per heavy atom. The standard InChI is InChI=1S/C9H15NO/c1-2-3-6-10(7-8-11)9-4-5-9/h9,11H,4-8H2,1H3. The number of aliphatic hydroxyl groups is 1. The fourth-order valence-corrected chi connectivity index (χ4v) is 1.14. The first-order chi connectivity index (χ1) is 5.38. The third kappa shape index (κ3) is 2.92. The summed E-state index contributed by atoms with van der Waals surface area (Å²) in [6.45, 7) is 3.70. The zero-order valence-corrected chi connectivity index (χ0v) is 7.01. The summed E-state index contributed by atoms with van der Waals surface area (Å²) in [6, 6.07) is 0.711. The van der Waals surface area contributed by atoms with Crippen LogP contribution in [0, 0.1) is 11.8 Å². The number of hydrogen-bond acceptors (Lipinski definition) is 2. The van der Waals surface area contributed by atoms with Gasteiger partial charge in [-0.2, -0.15) is 0 Å². The Balaban J connectivity index is 2.24. The molecule has 0 aromatic heterocycles. The van der Waals surface area contributed by atoms with Gasteiger partial charge in [0.25, 0.3) is 0 Å². The predicted molar refractivity (Wildman–Crippen MR) is 45.1 cm³/mol. The van der Waals surface area contributed by atoms with Gasteiger partial charge in [0.1, 0.15) is 0 Å². The van der Waals surface area contributed by atoms with Gasteiger partial charge in [0.15, 0.2) is 0 Å². The molecule has 1 rings (SSSR count). The fraction of sp³-hybridized carbons (Fsp3) is 0.778. The topological polar surface area (TPSA) is 23.5 Å². The Morgan fingerprint density at radius 1 is 1.55 bits per heavy atom. The largest absolute Gasteiger partial charge is 0.395 e. The molecule has 0 atom stereocenters. The first kappa shape index (κ1) is 8.58. The maximum atomic E-state index is 8.72. The molecule has 0 saturated heterocycles. The highest BCUT2D eigenvalue weighted by Gasteiger charge is 2.27. The number of rotatable bonds is 4. The average Bonchev–Trinajstić information content (AvgIpc) is 2.80. The fourth-order valence-electron chi connectivity index (χ4n) is 1.14. The van der Waals surface area contributed by atoms with E-state index in [4.69, 9.17) is 5.11 Å². The summed E-state index contributed by atoms with van der Waals surface area (Å²) in [5.74, 6) is 5.89. The van der Waals surface area contributed by atoms with Gasteiger partial charge in [-0.3, -0.25) is 4.90 Å². The van der Waals surface area contributed by atoms with Crippen LogP contribution in [0.2, 0.25) is 0 Å². The number of hydrogen-bond donors (Lipinski definition) is 1. The summed E-state index contributed by atoms with van der Waals surface area (Å²) in [5, 5.41) is 8.72. The normalized spacial score (nSPS) is 16.3. The van der Waals surface area contributed by atoms with Gasteiger partial charge >= 0.3 is 0 Å². The molecule has 0 amide bonds. The third-order valence-electron chi connectivity index (χ3n) is 1.91. The molecule has 1 fully saturated rings. The first-order valence-electron chi connectivity index (χ1n) is 4.13. The van der Waals surface area contributed by atoms with Crippen LogP contribution in [0.15, 0.2) is 0 Å². The minimum Gasteiger partial charge on any atom is -0.395 e. The molecule has 0 heterocycles. The summed E-state index contributed by atoms with van der Waals surface area (Å²) in [5.41, 5.74) is 0. The molecule has 0 aromatic rings. The van der Waals surface area contributed by atoms with Crippen LogP contribution in [0.25, 0.3) is 0 Å².